The maximum Gasteiger partial charge on any atom is 0.317 e. The van der Waals surface area contributed by atoms with E-state index in [9.17, 15) is 13.2 Å². The van der Waals surface area contributed by atoms with Crippen LogP contribution in [0.25, 0.3) is 0 Å². The minimum absolute atomic E-state index is 0.0627. The summed E-state index contributed by atoms with van der Waals surface area (Å²) in [5, 5.41) is 2.79. The first-order valence-corrected chi connectivity index (χ1v) is 8.97. The molecule has 0 saturated carbocycles. The highest BCUT2D eigenvalue weighted by Crippen LogP contribution is 2.14. The van der Waals surface area contributed by atoms with Crippen molar-refractivity contribution < 1.29 is 13.2 Å². The largest absolute Gasteiger partial charge is 0.362 e. The minimum Gasteiger partial charge on any atom is -0.362 e. The lowest BCUT2D eigenvalue weighted by Gasteiger charge is -2.25. The van der Waals surface area contributed by atoms with Gasteiger partial charge in [-0.1, -0.05) is 6.07 Å². The number of hydrogen-bond acceptors (Lipinski definition) is 5. The second kappa shape index (κ2) is 7.44. The van der Waals surface area contributed by atoms with Crippen LogP contribution in [0.5, 0.6) is 0 Å². The fraction of sp³-hybridized carbons (Fsp3) is 0.571. The molecule has 1 N–H and O–H groups in total. The van der Waals surface area contributed by atoms with E-state index in [0.29, 0.717) is 6.54 Å². The number of pyridine rings is 1. The summed E-state index contributed by atoms with van der Waals surface area (Å²) in [6, 6.07) is 2.99. The van der Waals surface area contributed by atoms with Crippen molar-refractivity contribution in [2.24, 2.45) is 0 Å². The van der Waals surface area contributed by atoms with Crippen molar-refractivity contribution in [3.8, 4) is 0 Å². The highest BCUT2D eigenvalue weighted by molar-refractivity contribution is 7.90. The number of amides is 2. The third-order valence-corrected chi connectivity index (χ3v) is 4.33. The molecule has 0 radical (unpaired) electrons. The van der Waals surface area contributed by atoms with Crippen LogP contribution in [0.2, 0.25) is 0 Å². The van der Waals surface area contributed by atoms with Crippen molar-refractivity contribution in [2.75, 3.05) is 38.1 Å². The zero-order chi connectivity index (χ0) is 16.9. The topological polar surface area (TPSA) is 82.6 Å². The molecule has 1 atom stereocenters. The molecule has 0 aliphatic carbocycles. The molecular weight excluding hydrogens is 304 g/mol. The van der Waals surface area contributed by atoms with E-state index in [-0.39, 0.29) is 11.8 Å². The summed E-state index contributed by atoms with van der Waals surface area (Å²) < 4.78 is 22.6. The summed E-state index contributed by atoms with van der Waals surface area (Å²) in [4.78, 5) is 19.6. The molecule has 0 saturated heterocycles. The van der Waals surface area contributed by atoms with Crippen molar-refractivity contribution in [1.29, 1.82) is 0 Å². The van der Waals surface area contributed by atoms with E-state index in [4.69, 9.17) is 0 Å². The first-order valence-electron chi connectivity index (χ1n) is 6.91. The summed E-state index contributed by atoms with van der Waals surface area (Å²) in [5.41, 5.74) is 0.894. The first kappa shape index (κ1) is 18.2. The molecule has 1 heterocycles. The van der Waals surface area contributed by atoms with Crippen molar-refractivity contribution in [2.45, 2.75) is 19.5 Å². The van der Waals surface area contributed by atoms with E-state index >= 15 is 0 Å². The molecule has 2 amide bonds. The van der Waals surface area contributed by atoms with Gasteiger partial charge in [-0.05, 0) is 13.0 Å². The van der Waals surface area contributed by atoms with Gasteiger partial charge in [0.25, 0.3) is 0 Å². The predicted octanol–water partition coefficient (Wildman–Crippen LogP) is 0.722. The molecule has 0 spiro atoms. The van der Waals surface area contributed by atoms with Gasteiger partial charge in [0, 0.05) is 51.7 Å². The van der Waals surface area contributed by atoms with Gasteiger partial charge in [0.05, 0.1) is 5.75 Å². The Kier molecular flexibility index (Phi) is 6.16. The van der Waals surface area contributed by atoms with Crippen molar-refractivity contribution in [3.05, 3.63) is 23.9 Å². The Hall–Kier alpha value is -1.83. The number of hydrogen-bond donors (Lipinski definition) is 1. The van der Waals surface area contributed by atoms with Crippen LogP contribution in [-0.2, 0) is 16.4 Å². The van der Waals surface area contributed by atoms with Crippen LogP contribution >= 0.6 is 0 Å². The predicted molar refractivity (Wildman–Crippen MR) is 87.7 cm³/mol. The van der Waals surface area contributed by atoms with E-state index < -0.39 is 15.9 Å². The summed E-state index contributed by atoms with van der Waals surface area (Å²) in [5.74, 6) is 0.724. The number of aromatic nitrogens is 1. The number of urea groups is 1. The zero-order valence-corrected chi connectivity index (χ0v) is 14.5. The monoisotopic (exact) mass is 328 g/mol. The van der Waals surface area contributed by atoms with Gasteiger partial charge in [0.2, 0.25) is 0 Å². The lowest BCUT2D eigenvalue weighted by molar-refractivity contribution is 0.197. The molecule has 0 aliphatic rings. The molecule has 0 fully saturated rings. The Bertz CT molecular complexity index is 616. The number of sulfone groups is 1. The molecule has 1 aromatic rings. The van der Waals surface area contributed by atoms with E-state index in [0.717, 1.165) is 17.6 Å². The molecule has 8 heteroatoms. The first-order chi connectivity index (χ1) is 10.1. The number of nitrogens with one attached hydrogen (secondary N) is 1. The zero-order valence-electron chi connectivity index (χ0n) is 13.7. The van der Waals surface area contributed by atoms with E-state index in [1.807, 2.05) is 31.1 Å². The van der Waals surface area contributed by atoms with E-state index in [1.54, 1.807) is 20.2 Å². The highest BCUT2D eigenvalue weighted by Gasteiger charge is 2.19. The van der Waals surface area contributed by atoms with E-state index in [1.165, 1.54) is 4.90 Å². The van der Waals surface area contributed by atoms with Gasteiger partial charge in [-0.2, -0.15) is 0 Å². The van der Waals surface area contributed by atoms with Gasteiger partial charge >= 0.3 is 6.03 Å². The smallest absolute Gasteiger partial charge is 0.317 e. The van der Waals surface area contributed by atoms with Gasteiger partial charge < -0.3 is 15.1 Å². The fourth-order valence-corrected chi connectivity index (χ4v) is 3.12. The average Bonchev–Trinajstić information content (AvgIpc) is 2.42. The molecule has 0 aliphatic heterocycles. The Morgan fingerprint density at radius 2 is 2.00 bits per heavy atom. The molecule has 22 heavy (non-hydrogen) atoms. The van der Waals surface area contributed by atoms with Gasteiger partial charge in [-0.3, -0.25) is 0 Å². The third-order valence-electron chi connectivity index (χ3n) is 3.25. The second-order valence-electron chi connectivity index (χ2n) is 5.59. The van der Waals surface area contributed by atoms with Crippen LogP contribution in [0.4, 0.5) is 10.6 Å². The molecular formula is C14H24N4O3S. The maximum atomic E-state index is 12.1. The van der Waals surface area contributed by atoms with Crippen LogP contribution < -0.4 is 10.2 Å². The summed E-state index contributed by atoms with van der Waals surface area (Å²) >= 11 is 0. The average molecular weight is 328 g/mol. The number of rotatable bonds is 6. The Balaban J connectivity index is 2.66. The lowest BCUT2D eigenvalue weighted by Crippen LogP contribution is -2.44. The van der Waals surface area contributed by atoms with Crippen LogP contribution in [0.3, 0.4) is 0 Å². The summed E-state index contributed by atoms with van der Waals surface area (Å²) in [6.45, 7) is 2.03. The number of carbonyl (C=O) groups is 1. The van der Waals surface area contributed by atoms with Gasteiger partial charge in [-0.25, -0.2) is 18.2 Å². The van der Waals surface area contributed by atoms with Crippen LogP contribution in [0.15, 0.2) is 18.3 Å². The van der Waals surface area contributed by atoms with Gasteiger partial charge in [0.15, 0.2) is 0 Å². The quantitative estimate of drug-likeness (QED) is 0.832. The molecule has 7 nitrogen and oxygen atoms in total. The fourth-order valence-electron chi connectivity index (χ4n) is 2.02. The molecule has 1 rings (SSSR count). The lowest BCUT2D eigenvalue weighted by atomic mass is 10.2. The Morgan fingerprint density at radius 3 is 2.55 bits per heavy atom. The second-order valence-corrected chi connectivity index (χ2v) is 7.78. The third kappa shape index (κ3) is 5.51. The molecule has 1 aromatic heterocycles. The molecule has 124 valence electrons. The maximum absolute atomic E-state index is 12.1. The van der Waals surface area contributed by atoms with Crippen molar-refractivity contribution >= 4 is 21.7 Å². The highest BCUT2D eigenvalue weighted by atomic mass is 32.2. The van der Waals surface area contributed by atoms with Crippen molar-refractivity contribution in [1.82, 2.24) is 15.2 Å². The number of anilines is 1. The van der Waals surface area contributed by atoms with Crippen LogP contribution in [0.1, 0.15) is 12.5 Å². The SMILES string of the molecule is C[C@@H](CS(C)(=O)=O)N(C)C(=O)NCc1cccnc1N(C)C. The summed E-state index contributed by atoms with van der Waals surface area (Å²) in [7, 11) is 2.23. The van der Waals surface area contributed by atoms with Crippen LogP contribution in [0, 0.1) is 0 Å². The minimum atomic E-state index is -3.13. The normalized spacial score (nSPS) is 12.6. The summed E-state index contributed by atoms with van der Waals surface area (Å²) in [6.07, 6.45) is 2.86. The number of carbonyl (C=O) groups excluding carboxylic acids is 1. The van der Waals surface area contributed by atoms with Gasteiger partial charge in [0.1, 0.15) is 15.7 Å². The standard InChI is InChI=1S/C14H24N4O3S/c1-11(10-22(5,20)21)18(4)14(19)16-9-12-7-6-8-15-13(12)17(2)3/h6-8,11H,9-10H2,1-5H3,(H,16,19)/t11-/m0/s1. The van der Waals surface area contributed by atoms with Crippen molar-refractivity contribution in [3.63, 3.8) is 0 Å². The molecule has 0 unspecified atom stereocenters. The molecule has 0 bridgehead atoms. The Labute approximate surface area is 132 Å². The number of nitrogens with zero attached hydrogens (tertiary/aromatic N) is 3. The Morgan fingerprint density at radius 1 is 1.36 bits per heavy atom. The van der Waals surface area contributed by atoms with Gasteiger partial charge in [-0.15, -0.1) is 0 Å². The van der Waals surface area contributed by atoms with Crippen LogP contribution in [-0.4, -0.2) is 63.5 Å². The molecule has 0 aromatic carbocycles. The van der Waals surface area contributed by atoms with E-state index in [2.05, 4.69) is 10.3 Å².